The first kappa shape index (κ1) is 14.8. The normalized spacial score (nSPS) is 9.68. The van der Waals surface area contributed by atoms with Crippen LogP contribution in [0, 0.1) is 11.3 Å². The van der Waals surface area contributed by atoms with Crippen LogP contribution in [0.25, 0.3) is 0 Å². The molecule has 0 fully saturated rings. The number of nitrogens with two attached hydrogens (primary N) is 1. The summed E-state index contributed by atoms with van der Waals surface area (Å²) in [6, 6.07) is 9.14. The SMILES string of the molecule is CCN(CCC#N)C(=O)CCOc1cccc(N)c1. The summed E-state index contributed by atoms with van der Waals surface area (Å²) in [5.41, 5.74) is 6.26. The summed E-state index contributed by atoms with van der Waals surface area (Å²) in [5.74, 6) is 0.662. The van der Waals surface area contributed by atoms with Crippen molar-refractivity contribution in [3.63, 3.8) is 0 Å². The van der Waals surface area contributed by atoms with Crippen LogP contribution >= 0.6 is 0 Å². The van der Waals surface area contributed by atoms with Gasteiger partial charge in [-0.1, -0.05) is 6.07 Å². The minimum atomic E-state index is 0.00153. The van der Waals surface area contributed by atoms with Gasteiger partial charge in [0.25, 0.3) is 0 Å². The second-order valence-electron chi connectivity index (χ2n) is 4.05. The third kappa shape index (κ3) is 5.30. The highest BCUT2D eigenvalue weighted by Crippen LogP contribution is 2.14. The van der Waals surface area contributed by atoms with E-state index in [0.29, 0.717) is 44.0 Å². The molecule has 1 rings (SSSR count). The first-order valence-electron chi connectivity index (χ1n) is 6.30. The zero-order chi connectivity index (χ0) is 14.1. The smallest absolute Gasteiger partial charge is 0.226 e. The number of amides is 1. The maximum absolute atomic E-state index is 11.8. The summed E-state index contributed by atoms with van der Waals surface area (Å²) >= 11 is 0. The molecule has 5 nitrogen and oxygen atoms in total. The van der Waals surface area contributed by atoms with Crippen molar-refractivity contribution in [3.8, 4) is 11.8 Å². The number of hydrogen-bond donors (Lipinski definition) is 1. The predicted octanol–water partition coefficient (Wildman–Crippen LogP) is 1.80. The van der Waals surface area contributed by atoms with Crippen LogP contribution < -0.4 is 10.5 Å². The van der Waals surface area contributed by atoms with Gasteiger partial charge in [-0.05, 0) is 19.1 Å². The van der Waals surface area contributed by atoms with Crippen molar-refractivity contribution in [2.45, 2.75) is 19.8 Å². The Labute approximate surface area is 113 Å². The van der Waals surface area contributed by atoms with Crippen LogP contribution in [-0.2, 0) is 4.79 Å². The van der Waals surface area contributed by atoms with Crippen LogP contribution in [0.5, 0.6) is 5.75 Å². The van der Waals surface area contributed by atoms with Gasteiger partial charge in [-0.15, -0.1) is 0 Å². The van der Waals surface area contributed by atoms with Gasteiger partial charge >= 0.3 is 0 Å². The van der Waals surface area contributed by atoms with Gasteiger partial charge in [-0.3, -0.25) is 4.79 Å². The van der Waals surface area contributed by atoms with Crippen LogP contribution in [0.15, 0.2) is 24.3 Å². The van der Waals surface area contributed by atoms with E-state index in [0.717, 1.165) is 0 Å². The Bertz CT molecular complexity index is 454. The summed E-state index contributed by atoms with van der Waals surface area (Å²) in [6.45, 7) is 3.29. The predicted molar refractivity (Wildman–Crippen MR) is 73.5 cm³/mol. The summed E-state index contributed by atoms with van der Waals surface area (Å²) in [4.78, 5) is 13.5. The van der Waals surface area contributed by atoms with E-state index in [4.69, 9.17) is 15.7 Å². The van der Waals surface area contributed by atoms with Crippen molar-refractivity contribution in [2.24, 2.45) is 0 Å². The monoisotopic (exact) mass is 261 g/mol. The largest absolute Gasteiger partial charge is 0.493 e. The summed E-state index contributed by atoms with van der Waals surface area (Å²) < 4.78 is 5.46. The Balaban J connectivity index is 2.35. The lowest BCUT2D eigenvalue weighted by Gasteiger charge is -2.19. The molecule has 0 saturated carbocycles. The van der Waals surface area contributed by atoms with Gasteiger partial charge in [-0.25, -0.2) is 0 Å². The average molecular weight is 261 g/mol. The van der Waals surface area contributed by atoms with Crippen LogP contribution in [0.4, 0.5) is 5.69 Å². The van der Waals surface area contributed by atoms with E-state index in [1.165, 1.54) is 0 Å². The zero-order valence-electron chi connectivity index (χ0n) is 11.1. The fourth-order valence-corrected chi connectivity index (χ4v) is 1.66. The fourth-order valence-electron chi connectivity index (χ4n) is 1.66. The van der Waals surface area contributed by atoms with Gasteiger partial charge in [0.15, 0.2) is 0 Å². The molecule has 1 amide bonds. The molecule has 0 aliphatic rings. The van der Waals surface area contributed by atoms with Crippen molar-refractivity contribution < 1.29 is 9.53 Å². The standard InChI is InChI=1S/C14H19N3O2/c1-2-17(9-4-8-15)14(18)7-10-19-13-6-3-5-12(16)11-13/h3,5-6,11H,2,4,7,9-10,16H2,1H3. The van der Waals surface area contributed by atoms with Gasteiger partial charge in [0, 0.05) is 24.8 Å². The van der Waals surface area contributed by atoms with E-state index in [1.807, 2.05) is 13.0 Å². The van der Waals surface area contributed by atoms with E-state index < -0.39 is 0 Å². The summed E-state index contributed by atoms with van der Waals surface area (Å²) in [6.07, 6.45) is 0.656. The molecular weight excluding hydrogens is 242 g/mol. The van der Waals surface area contributed by atoms with E-state index >= 15 is 0 Å². The highest BCUT2D eigenvalue weighted by molar-refractivity contribution is 5.76. The molecular formula is C14H19N3O2. The molecule has 1 aromatic carbocycles. The number of hydrogen-bond acceptors (Lipinski definition) is 4. The molecule has 0 saturated heterocycles. The number of anilines is 1. The van der Waals surface area contributed by atoms with E-state index in [-0.39, 0.29) is 5.91 Å². The summed E-state index contributed by atoms with van der Waals surface area (Å²) in [5, 5.41) is 8.52. The van der Waals surface area contributed by atoms with Crippen LogP contribution in [-0.4, -0.2) is 30.5 Å². The first-order valence-corrected chi connectivity index (χ1v) is 6.30. The lowest BCUT2D eigenvalue weighted by molar-refractivity contribution is -0.131. The molecule has 0 aromatic heterocycles. The highest BCUT2D eigenvalue weighted by Gasteiger charge is 2.10. The third-order valence-electron chi connectivity index (χ3n) is 2.67. The Morgan fingerprint density at radius 1 is 1.53 bits per heavy atom. The number of nitriles is 1. The molecule has 0 heterocycles. The molecule has 2 N–H and O–H groups in total. The van der Waals surface area contributed by atoms with Crippen LogP contribution in [0.2, 0.25) is 0 Å². The lowest BCUT2D eigenvalue weighted by atomic mass is 10.3. The van der Waals surface area contributed by atoms with Gasteiger partial charge in [-0.2, -0.15) is 5.26 Å². The number of ether oxygens (including phenoxy) is 1. The zero-order valence-corrected chi connectivity index (χ0v) is 11.1. The molecule has 0 atom stereocenters. The van der Waals surface area contributed by atoms with Crippen molar-refractivity contribution in [3.05, 3.63) is 24.3 Å². The molecule has 0 aliphatic carbocycles. The number of nitrogen functional groups attached to an aromatic ring is 1. The highest BCUT2D eigenvalue weighted by atomic mass is 16.5. The average Bonchev–Trinajstić information content (AvgIpc) is 2.39. The fraction of sp³-hybridized carbons (Fsp3) is 0.429. The second-order valence-corrected chi connectivity index (χ2v) is 4.05. The molecule has 0 unspecified atom stereocenters. The number of nitrogens with zero attached hydrogens (tertiary/aromatic N) is 2. The molecule has 0 spiro atoms. The Kier molecular flexibility index (Phi) is 6.23. The molecule has 0 radical (unpaired) electrons. The van der Waals surface area contributed by atoms with E-state index in [2.05, 4.69) is 0 Å². The summed E-state index contributed by atoms with van der Waals surface area (Å²) in [7, 11) is 0. The molecule has 5 heteroatoms. The minimum absolute atomic E-state index is 0.00153. The van der Waals surface area contributed by atoms with Crippen LogP contribution in [0.3, 0.4) is 0 Å². The minimum Gasteiger partial charge on any atom is -0.493 e. The maximum Gasteiger partial charge on any atom is 0.226 e. The van der Waals surface area contributed by atoms with Gasteiger partial charge < -0.3 is 15.4 Å². The number of benzene rings is 1. The van der Waals surface area contributed by atoms with Crippen molar-refractivity contribution in [2.75, 3.05) is 25.4 Å². The van der Waals surface area contributed by atoms with Gasteiger partial charge in [0.05, 0.1) is 25.5 Å². The molecule has 0 aliphatic heterocycles. The van der Waals surface area contributed by atoms with Crippen molar-refractivity contribution in [1.82, 2.24) is 4.90 Å². The Morgan fingerprint density at radius 3 is 2.95 bits per heavy atom. The third-order valence-corrected chi connectivity index (χ3v) is 2.67. The Hall–Kier alpha value is -2.22. The second kappa shape index (κ2) is 7.98. The molecule has 0 bridgehead atoms. The van der Waals surface area contributed by atoms with Crippen LogP contribution in [0.1, 0.15) is 19.8 Å². The first-order chi connectivity index (χ1) is 9.17. The quantitative estimate of drug-likeness (QED) is 0.759. The number of carbonyl (C=O) groups excluding carboxylic acids is 1. The molecule has 1 aromatic rings. The van der Waals surface area contributed by atoms with E-state index in [1.54, 1.807) is 29.2 Å². The maximum atomic E-state index is 11.8. The van der Waals surface area contributed by atoms with E-state index in [9.17, 15) is 4.79 Å². The number of rotatable bonds is 7. The van der Waals surface area contributed by atoms with Gasteiger partial charge in [0.2, 0.25) is 5.91 Å². The van der Waals surface area contributed by atoms with Gasteiger partial charge in [0.1, 0.15) is 5.75 Å². The van der Waals surface area contributed by atoms with Crippen molar-refractivity contribution in [1.29, 1.82) is 5.26 Å². The van der Waals surface area contributed by atoms with Crippen molar-refractivity contribution >= 4 is 11.6 Å². The molecule has 102 valence electrons. The molecule has 19 heavy (non-hydrogen) atoms. The topological polar surface area (TPSA) is 79.3 Å². The lowest BCUT2D eigenvalue weighted by Crippen LogP contribution is -2.32. The number of carbonyl (C=O) groups is 1. The Morgan fingerprint density at radius 2 is 2.32 bits per heavy atom.